The van der Waals surface area contributed by atoms with E-state index in [0.29, 0.717) is 6.54 Å². The van der Waals surface area contributed by atoms with Crippen molar-refractivity contribution in [3.05, 3.63) is 53.1 Å². The molecule has 0 unspecified atom stereocenters. The highest BCUT2D eigenvalue weighted by Gasteiger charge is 2.28. The molecule has 4 rings (SSSR count). The standard InChI is InChI=1S/C21H24N2O2/c1-14-10-11-20-19(12-14)23(13-15(2)25-20)21(24)22-18-9-5-7-16-6-3-4-8-17(16)18/h5,7,9-12,15H,3-4,6,8,13H2,1-2H3,(H,22,24)/t15-/m1/s1. The Hall–Kier alpha value is -2.49. The van der Waals surface area contributed by atoms with Gasteiger partial charge in [0.1, 0.15) is 11.9 Å². The van der Waals surface area contributed by atoms with E-state index in [1.807, 2.05) is 44.2 Å². The number of hydrogen-bond donors (Lipinski definition) is 1. The van der Waals surface area contributed by atoms with E-state index in [1.165, 1.54) is 24.0 Å². The minimum atomic E-state index is -0.0824. The van der Waals surface area contributed by atoms with Crippen LogP contribution in [0.25, 0.3) is 0 Å². The van der Waals surface area contributed by atoms with Crippen LogP contribution in [0.1, 0.15) is 36.5 Å². The van der Waals surface area contributed by atoms with E-state index in [2.05, 4.69) is 11.4 Å². The van der Waals surface area contributed by atoms with Crippen molar-refractivity contribution in [3.63, 3.8) is 0 Å². The molecule has 1 N–H and O–H groups in total. The quantitative estimate of drug-likeness (QED) is 0.820. The molecule has 2 aromatic carbocycles. The second kappa shape index (κ2) is 6.43. The maximum Gasteiger partial charge on any atom is 0.326 e. The molecule has 1 heterocycles. The van der Waals surface area contributed by atoms with Crippen LogP contribution in [0.3, 0.4) is 0 Å². The summed E-state index contributed by atoms with van der Waals surface area (Å²) < 4.78 is 5.89. The lowest BCUT2D eigenvalue weighted by atomic mass is 9.90. The summed E-state index contributed by atoms with van der Waals surface area (Å²) >= 11 is 0. The second-order valence-electron chi connectivity index (χ2n) is 7.09. The Labute approximate surface area is 148 Å². The largest absolute Gasteiger partial charge is 0.487 e. The number of ether oxygens (including phenoxy) is 1. The molecule has 0 saturated heterocycles. The van der Waals surface area contributed by atoms with Gasteiger partial charge in [-0.1, -0.05) is 18.2 Å². The van der Waals surface area contributed by atoms with E-state index in [4.69, 9.17) is 4.74 Å². The monoisotopic (exact) mass is 336 g/mol. The van der Waals surface area contributed by atoms with Gasteiger partial charge in [0, 0.05) is 5.69 Å². The fourth-order valence-electron chi connectivity index (χ4n) is 3.82. The average molecular weight is 336 g/mol. The molecule has 130 valence electrons. The molecular formula is C21H24N2O2. The van der Waals surface area contributed by atoms with Crippen LogP contribution in [0.5, 0.6) is 5.75 Å². The molecular weight excluding hydrogens is 312 g/mol. The molecule has 2 aromatic rings. The molecule has 0 bridgehead atoms. The summed E-state index contributed by atoms with van der Waals surface area (Å²) in [5, 5.41) is 3.15. The van der Waals surface area contributed by atoms with Crippen LogP contribution in [0.15, 0.2) is 36.4 Å². The summed E-state index contributed by atoms with van der Waals surface area (Å²) in [6.45, 7) is 4.58. The predicted molar refractivity (Wildman–Crippen MR) is 101 cm³/mol. The van der Waals surface area contributed by atoms with E-state index in [0.717, 1.165) is 35.5 Å². The molecule has 4 nitrogen and oxygen atoms in total. The van der Waals surface area contributed by atoms with Gasteiger partial charge >= 0.3 is 6.03 Å². The number of carbonyl (C=O) groups is 1. The maximum absolute atomic E-state index is 13.0. The van der Waals surface area contributed by atoms with Crippen LogP contribution in [0.2, 0.25) is 0 Å². The van der Waals surface area contributed by atoms with Gasteiger partial charge in [-0.2, -0.15) is 0 Å². The van der Waals surface area contributed by atoms with Crippen LogP contribution in [-0.2, 0) is 12.8 Å². The highest BCUT2D eigenvalue weighted by molar-refractivity contribution is 6.03. The lowest BCUT2D eigenvalue weighted by Crippen LogP contribution is -2.44. The number of nitrogens with one attached hydrogen (secondary N) is 1. The first-order valence-corrected chi connectivity index (χ1v) is 9.08. The third kappa shape index (κ3) is 3.09. The first kappa shape index (κ1) is 16.0. The zero-order valence-electron chi connectivity index (χ0n) is 14.8. The summed E-state index contributed by atoms with van der Waals surface area (Å²) in [4.78, 5) is 14.8. The average Bonchev–Trinajstić information content (AvgIpc) is 2.61. The SMILES string of the molecule is Cc1ccc2c(c1)N(C(=O)Nc1cccc3c1CCCC3)C[C@@H](C)O2. The van der Waals surface area contributed by atoms with Gasteiger partial charge in [0.05, 0.1) is 12.2 Å². The maximum atomic E-state index is 13.0. The van der Waals surface area contributed by atoms with Crippen molar-refractivity contribution in [3.8, 4) is 5.75 Å². The molecule has 4 heteroatoms. The van der Waals surface area contributed by atoms with E-state index in [1.54, 1.807) is 4.90 Å². The first-order chi connectivity index (χ1) is 12.1. The Bertz CT molecular complexity index is 816. The van der Waals surface area contributed by atoms with Gasteiger partial charge in [-0.3, -0.25) is 4.90 Å². The van der Waals surface area contributed by atoms with Gasteiger partial charge in [0.15, 0.2) is 0 Å². The van der Waals surface area contributed by atoms with E-state index >= 15 is 0 Å². The summed E-state index contributed by atoms with van der Waals surface area (Å²) in [5.74, 6) is 0.773. The van der Waals surface area contributed by atoms with Crippen molar-refractivity contribution in [1.29, 1.82) is 0 Å². The van der Waals surface area contributed by atoms with Gasteiger partial charge in [-0.25, -0.2) is 4.79 Å². The summed E-state index contributed by atoms with van der Waals surface area (Å²) in [5.41, 5.74) is 5.59. The van der Waals surface area contributed by atoms with Crippen molar-refractivity contribution in [1.82, 2.24) is 0 Å². The lowest BCUT2D eigenvalue weighted by Gasteiger charge is -2.34. The Kier molecular flexibility index (Phi) is 4.12. The van der Waals surface area contributed by atoms with Crippen molar-refractivity contribution >= 4 is 17.4 Å². The minimum absolute atomic E-state index is 0.0226. The van der Waals surface area contributed by atoms with Crippen LogP contribution >= 0.6 is 0 Å². The fraction of sp³-hybridized carbons (Fsp3) is 0.381. The number of amides is 2. The zero-order valence-corrected chi connectivity index (χ0v) is 14.8. The smallest absolute Gasteiger partial charge is 0.326 e. The Balaban J connectivity index is 1.63. The lowest BCUT2D eigenvalue weighted by molar-refractivity contribution is 0.208. The van der Waals surface area contributed by atoms with Gasteiger partial charge in [0.25, 0.3) is 0 Å². The number of carbonyl (C=O) groups excluding carboxylic acids is 1. The summed E-state index contributed by atoms with van der Waals surface area (Å²) in [6, 6.07) is 12.1. The molecule has 1 atom stereocenters. The number of urea groups is 1. The predicted octanol–water partition coefficient (Wildman–Crippen LogP) is 4.69. The third-order valence-corrected chi connectivity index (χ3v) is 5.06. The van der Waals surface area contributed by atoms with E-state index in [9.17, 15) is 4.79 Å². The van der Waals surface area contributed by atoms with Crippen LogP contribution in [-0.4, -0.2) is 18.7 Å². The molecule has 0 fully saturated rings. The number of rotatable bonds is 1. The molecule has 2 aliphatic rings. The minimum Gasteiger partial charge on any atom is -0.487 e. The van der Waals surface area contributed by atoms with E-state index in [-0.39, 0.29) is 12.1 Å². The number of nitrogens with zero attached hydrogens (tertiary/aromatic N) is 1. The first-order valence-electron chi connectivity index (χ1n) is 9.08. The number of benzene rings is 2. The molecule has 0 saturated carbocycles. The number of fused-ring (bicyclic) bond motifs is 2. The van der Waals surface area contributed by atoms with Crippen molar-refractivity contribution in [2.24, 2.45) is 0 Å². The highest BCUT2D eigenvalue weighted by Crippen LogP contribution is 2.35. The third-order valence-electron chi connectivity index (χ3n) is 5.06. The summed E-state index contributed by atoms with van der Waals surface area (Å²) in [6.07, 6.45) is 4.55. The number of anilines is 2. The normalized spacial score (nSPS) is 18.8. The Morgan fingerprint density at radius 2 is 2.04 bits per heavy atom. The van der Waals surface area contributed by atoms with Gasteiger partial charge in [0.2, 0.25) is 0 Å². The van der Waals surface area contributed by atoms with Gasteiger partial charge < -0.3 is 10.1 Å². The molecule has 2 amide bonds. The number of hydrogen-bond acceptors (Lipinski definition) is 2. The van der Waals surface area contributed by atoms with Crippen molar-refractivity contribution in [2.75, 3.05) is 16.8 Å². The van der Waals surface area contributed by atoms with Crippen molar-refractivity contribution in [2.45, 2.75) is 45.6 Å². The van der Waals surface area contributed by atoms with Crippen LogP contribution in [0.4, 0.5) is 16.2 Å². The Morgan fingerprint density at radius 1 is 1.20 bits per heavy atom. The fourth-order valence-corrected chi connectivity index (χ4v) is 3.82. The van der Waals surface area contributed by atoms with E-state index < -0.39 is 0 Å². The topological polar surface area (TPSA) is 41.6 Å². The van der Waals surface area contributed by atoms with Crippen LogP contribution in [0, 0.1) is 6.92 Å². The second-order valence-corrected chi connectivity index (χ2v) is 7.09. The Morgan fingerprint density at radius 3 is 2.92 bits per heavy atom. The molecule has 1 aliphatic carbocycles. The zero-order chi connectivity index (χ0) is 17.4. The van der Waals surface area contributed by atoms with Crippen LogP contribution < -0.4 is 15.0 Å². The van der Waals surface area contributed by atoms with Crippen molar-refractivity contribution < 1.29 is 9.53 Å². The molecule has 0 spiro atoms. The molecule has 0 aromatic heterocycles. The highest BCUT2D eigenvalue weighted by atomic mass is 16.5. The molecule has 0 radical (unpaired) electrons. The molecule has 1 aliphatic heterocycles. The van der Waals surface area contributed by atoms with Gasteiger partial charge in [-0.15, -0.1) is 0 Å². The number of aryl methyl sites for hydroxylation is 2. The summed E-state index contributed by atoms with van der Waals surface area (Å²) in [7, 11) is 0. The molecule has 25 heavy (non-hydrogen) atoms. The van der Waals surface area contributed by atoms with Gasteiger partial charge in [-0.05, 0) is 74.4 Å².